The number of nitrogens with one attached hydrogen (secondary N) is 3. The second-order valence-corrected chi connectivity index (χ2v) is 8.04. The van der Waals surface area contributed by atoms with Crippen molar-refractivity contribution in [2.24, 2.45) is 0 Å². The number of hydrogen-bond acceptors (Lipinski definition) is 9. The number of rotatable bonds is 7. The molecule has 0 aliphatic carbocycles. The highest BCUT2D eigenvalue weighted by molar-refractivity contribution is 6.05. The lowest BCUT2D eigenvalue weighted by molar-refractivity contribution is -0.0488. The maximum atomic E-state index is 12.2. The van der Waals surface area contributed by atoms with Gasteiger partial charge in [-0.05, 0) is 68.4 Å². The highest BCUT2D eigenvalue weighted by Crippen LogP contribution is 2.23. The number of aromatic nitrogens is 6. The number of aromatic amines is 2. The van der Waals surface area contributed by atoms with Gasteiger partial charge in [-0.25, -0.2) is 4.79 Å². The van der Waals surface area contributed by atoms with Crippen LogP contribution in [-0.2, 0) is 4.74 Å². The first-order valence-corrected chi connectivity index (χ1v) is 12.0. The summed E-state index contributed by atoms with van der Waals surface area (Å²) in [4.78, 5) is 42.7. The van der Waals surface area contributed by atoms with Gasteiger partial charge >= 0.3 is 5.69 Å². The van der Waals surface area contributed by atoms with Crippen LogP contribution in [0.15, 0.2) is 33.9 Å². The molecule has 13 nitrogen and oxygen atoms in total. The van der Waals surface area contributed by atoms with Crippen molar-refractivity contribution in [1.29, 1.82) is 0 Å². The molecule has 1 amide bonds. The molecule has 4 rings (SSSR count). The summed E-state index contributed by atoms with van der Waals surface area (Å²) >= 11 is 0. The Kier molecular flexibility index (Phi) is 9.47. The van der Waals surface area contributed by atoms with E-state index in [1.807, 2.05) is 9.97 Å². The van der Waals surface area contributed by atoms with E-state index in [1.54, 1.807) is 24.3 Å². The fourth-order valence-electron chi connectivity index (χ4n) is 3.62. The van der Waals surface area contributed by atoms with Gasteiger partial charge in [0.25, 0.3) is 11.5 Å². The molecule has 1 saturated heterocycles. The van der Waals surface area contributed by atoms with E-state index < -0.39 is 28.6 Å². The Morgan fingerprint density at radius 1 is 1.14 bits per heavy atom. The summed E-state index contributed by atoms with van der Waals surface area (Å²) in [5.41, 5.74) is -1.45. The van der Waals surface area contributed by atoms with Crippen LogP contribution in [0.2, 0.25) is 0 Å². The second kappa shape index (κ2) is 12.7. The molecule has 1 atom stereocenters. The van der Waals surface area contributed by atoms with E-state index in [9.17, 15) is 19.5 Å². The molecule has 1 aromatic carbocycles. The van der Waals surface area contributed by atoms with Crippen LogP contribution in [0.25, 0.3) is 11.4 Å². The Bertz CT molecular complexity index is 1230. The van der Waals surface area contributed by atoms with Crippen LogP contribution in [-0.4, -0.2) is 72.3 Å². The van der Waals surface area contributed by atoms with E-state index in [1.165, 1.54) is 24.4 Å². The zero-order valence-electron chi connectivity index (χ0n) is 20.7. The molecule has 0 bridgehead atoms. The minimum atomic E-state index is -0.994. The molecule has 36 heavy (non-hydrogen) atoms. The monoisotopic (exact) mass is 500 g/mol. The van der Waals surface area contributed by atoms with Crippen molar-refractivity contribution >= 4 is 11.6 Å². The summed E-state index contributed by atoms with van der Waals surface area (Å²) in [5.74, 6) is -1.27. The van der Waals surface area contributed by atoms with E-state index in [0.717, 1.165) is 19.3 Å². The van der Waals surface area contributed by atoms with Gasteiger partial charge in [0.15, 0.2) is 11.8 Å². The predicted molar refractivity (Wildman–Crippen MR) is 133 cm³/mol. The number of benzene rings is 1. The molecule has 13 heteroatoms. The molecule has 194 valence electrons. The van der Waals surface area contributed by atoms with Crippen LogP contribution in [0.5, 0.6) is 5.88 Å². The first kappa shape index (κ1) is 26.8. The number of anilines is 1. The van der Waals surface area contributed by atoms with Gasteiger partial charge in [-0.15, -0.1) is 15.0 Å². The molecule has 1 unspecified atom stereocenters. The number of hydrogen-bond donors (Lipinski definition) is 4. The van der Waals surface area contributed by atoms with Crippen molar-refractivity contribution in [2.45, 2.75) is 46.3 Å². The topological polar surface area (TPSA) is 171 Å². The maximum absolute atomic E-state index is 12.2. The van der Waals surface area contributed by atoms with Crippen LogP contribution < -0.4 is 16.6 Å². The number of amides is 1. The van der Waals surface area contributed by atoms with Gasteiger partial charge in [0.1, 0.15) is 0 Å². The number of H-pyrrole nitrogens is 2. The highest BCUT2D eigenvalue weighted by Gasteiger charge is 2.20. The molecule has 2 aromatic heterocycles. The third-order valence-corrected chi connectivity index (χ3v) is 5.73. The molecule has 1 aliphatic heterocycles. The number of carbonyl (C=O) groups is 1. The summed E-state index contributed by atoms with van der Waals surface area (Å²) in [6.45, 7) is 10.8. The molecule has 3 heterocycles. The van der Waals surface area contributed by atoms with Gasteiger partial charge in [-0.3, -0.25) is 19.6 Å². The van der Waals surface area contributed by atoms with E-state index in [-0.39, 0.29) is 6.23 Å². The van der Waals surface area contributed by atoms with E-state index in [2.05, 4.69) is 46.4 Å². The van der Waals surface area contributed by atoms with Crippen molar-refractivity contribution in [3.63, 3.8) is 0 Å². The Morgan fingerprint density at radius 2 is 1.83 bits per heavy atom. The largest absolute Gasteiger partial charge is 0.494 e. The molecule has 0 spiro atoms. The zero-order valence-corrected chi connectivity index (χ0v) is 20.7. The molecule has 0 saturated carbocycles. The Hall–Kier alpha value is -3.84. The van der Waals surface area contributed by atoms with Gasteiger partial charge in [-0.1, -0.05) is 20.8 Å². The molecular weight excluding hydrogens is 468 g/mol. The minimum Gasteiger partial charge on any atom is -0.494 e. The predicted octanol–water partition coefficient (Wildman–Crippen LogP) is 1.72. The van der Waals surface area contributed by atoms with E-state index in [4.69, 9.17) is 4.74 Å². The summed E-state index contributed by atoms with van der Waals surface area (Å²) in [5, 5.41) is 24.5. The Morgan fingerprint density at radius 3 is 2.39 bits per heavy atom. The van der Waals surface area contributed by atoms with Crippen LogP contribution >= 0.6 is 0 Å². The van der Waals surface area contributed by atoms with Gasteiger partial charge in [0.2, 0.25) is 11.7 Å². The molecular formula is C23H32N8O5. The normalized spacial score (nSPS) is 15.3. The van der Waals surface area contributed by atoms with Crippen molar-refractivity contribution in [2.75, 3.05) is 31.6 Å². The Labute approximate surface area is 207 Å². The third kappa shape index (κ3) is 6.86. The SMILES string of the molecule is CCN(CC)CC.O=C(Nc1ccc(-c2nnn(C3CCCCO3)n2)cc1)c1c(O)[nH]c(=O)[nH]c1=O. The maximum Gasteiger partial charge on any atom is 0.328 e. The molecule has 3 aromatic rings. The van der Waals surface area contributed by atoms with Crippen molar-refractivity contribution in [3.8, 4) is 17.3 Å². The lowest BCUT2D eigenvalue weighted by Gasteiger charge is -2.20. The molecule has 4 N–H and O–H groups in total. The molecule has 0 radical (unpaired) electrons. The fourth-order valence-corrected chi connectivity index (χ4v) is 3.62. The van der Waals surface area contributed by atoms with Crippen molar-refractivity contribution < 1.29 is 14.6 Å². The standard InChI is InChI=1S/C17H17N7O5.C6H15N/c25-14(12-15(26)19-17(28)20-16(12)27)18-10-6-4-9(5-7-10)13-21-23-24(22-13)11-3-1-2-8-29-11;1-4-7(5-2)6-3/h4-7,11H,1-3,8H2,(H,18,25)(H3,19,20,26,27,28);4-6H2,1-3H3. The number of ether oxygens (including phenoxy) is 1. The van der Waals surface area contributed by atoms with E-state index in [0.29, 0.717) is 23.7 Å². The average Bonchev–Trinajstić information content (AvgIpc) is 3.36. The number of carbonyl (C=O) groups excluding carboxylic acids is 1. The molecule has 1 fully saturated rings. The average molecular weight is 501 g/mol. The summed E-state index contributed by atoms with van der Waals surface area (Å²) in [6.07, 6.45) is 2.68. The number of aromatic hydroxyl groups is 1. The van der Waals surface area contributed by atoms with Crippen LogP contribution in [0.4, 0.5) is 5.69 Å². The van der Waals surface area contributed by atoms with Gasteiger partial charge in [0.05, 0.1) is 0 Å². The molecule has 1 aliphatic rings. The fraction of sp³-hybridized carbons (Fsp3) is 0.478. The first-order chi connectivity index (χ1) is 17.4. The Balaban J connectivity index is 0.000000454. The van der Waals surface area contributed by atoms with Gasteiger partial charge < -0.3 is 20.1 Å². The van der Waals surface area contributed by atoms with Crippen LogP contribution in [0, 0.1) is 0 Å². The zero-order chi connectivity index (χ0) is 26.1. The van der Waals surface area contributed by atoms with Crippen LogP contribution in [0.1, 0.15) is 56.6 Å². The van der Waals surface area contributed by atoms with Crippen molar-refractivity contribution in [3.05, 3.63) is 50.7 Å². The minimum absolute atomic E-state index is 0.216. The van der Waals surface area contributed by atoms with E-state index >= 15 is 0 Å². The quantitative estimate of drug-likeness (QED) is 0.377. The summed E-state index contributed by atoms with van der Waals surface area (Å²) < 4.78 is 5.62. The van der Waals surface area contributed by atoms with Crippen LogP contribution in [0.3, 0.4) is 0 Å². The lowest BCUT2D eigenvalue weighted by Crippen LogP contribution is -2.30. The highest BCUT2D eigenvalue weighted by atomic mass is 16.5. The smallest absolute Gasteiger partial charge is 0.328 e. The summed E-state index contributed by atoms with van der Waals surface area (Å²) in [7, 11) is 0. The van der Waals surface area contributed by atoms with Gasteiger partial charge in [-0.2, -0.15) is 0 Å². The number of nitrogens with zero attached hydrogens (tertiary/aromatic N) is 5. The first-order valence-electron chi connectivity index (χ1n) is 12.0. The third-order valence-electron chi connectivity index (χ3n) is 5.73. The number of tetrazole rings is 1. The van der Waals surface area contributed by atoms with Crippen molar-refractivity contribution in [1.82, 2.24) is 35.1 Å². The second-order valence-electron chi connectivity index (χ2n) is 8.04. The lowest BCUT2D eigenvalue weighted by atomic mass is 10.2. The van der Waals surface area contributed by atoms with Gasteiger partial charge in [0, 0.05) is 17.9 Å². The summed E-state index contributed by atoms with van der Waals surface area (Å²) in [6, 6.07) is 6.52.